The highest BCUT2D eigenvalue weighted by Crippen LogP contribution is 2.14. The molecule has 0 saturated heterocycles. The van der Waals surface area contributed by atoms with Crippen molar-refractivity contribution in [2.45, 2.75) is 51.4 Å². The van der Waals surface area contributed by atoms with E-state index in [4.69, 9.17) is 0 Å². The van der Waals surface area contributed by atoms with Crippen LogP contribution in [0.5, 0.6) is 0 Å². The number of aromatic nitrogens is 2. The average Bonchev–Trinajstić information content (AvgIpc) is 2.94. The third kappa shape index (κ3) is 5.07. The molecule has 152 valence electrons. The largest absolute Gasteiger partial charge is 0.480 e. The van der Waals surface area contributed by atoms with Gasteiger partial charge in [-0.3, -0.25) is 24.0 Å². The lowest BCUT2D eigenvalue weighted by Gasteiger charge is -2.29. The Morgan fingerprint density at radius 3 is 2.50 bits per heavy atom. The number of benzene rings is 1. The molecular formula is C19H24FN3O5. The molecule has 1 heterocycles. The molecule has 0 amide bonds. The van der Waals surface area contributed by atoms with E-state index >= 15 is 0 Å². The number of carboxylic acids is 2. The highest BCUT2D eigenvalue weighted by Gasteiger charge is 2.36. The van der Waals surface area contributed by atoms with Gasteiger partial charge in [0.25, 0.3) is 0 Å². The van der Waals surface area contributed by atoms with Gasteiger partial charge in [0.1, 0.15) is 17.4 Å². The Morgan fingerprint density at radius 1 is 1.25 bits per heavy atom. The zero-order chi connectivity index (χ0) is 20.9. The Balaban J connectivity index is 2.20. The van der Waals surface area contributed by atoms with Crippen LogP contribution in [-0.4, -0.2) is 42.9 Å². The summed E-state index contributed by atoms with van der Waals surface area (Å²) in [6.07, 6.45) is 3.69. The summed E-state index contributed by atoms with van der Waals surface area (Å²) in [5, 5.41) is 21.6. The number of hydrogen-bond donors (Lipinski definition) is 3. The molecule has 3 N–H and O–H groups in total. The monoisotopic (exact) mass is 393 g/mol. The molecule has 28 heavy (non-hydrogen) atoms. The number of imidazole rings is 1. The number of nitrogens with one attached hydrogen (secondary N) is 1. The lowest BCUT2D eigenvalue weighted by Crippen LogP contribution is -2.57. The number of carboxylic acid groups (broad SMARTS) is 2. The predicted octanol–water partition coefficient (Wildman–Crippen LogP) is 1.52. The third-order valence-corrected chi connectivity index (χ3v) is 4.55. The lowest BCUT2D eigenvalue weighted by molar-refractivity contribution is -0.147. The molecular weight excluding hydrogens is 369 g/mol. The molecule has 0 aliphatic heterocycles. The second-order valence-corrected chi connectivity index (χ2v) is 6.91. The van der Waals surface area contributed by atoms with Crippen LogP contribution in [0.4, 0.5) is 4.39 Å². The quantitative estimate of drug-likeness (QED) is 0.564. The van der Waals surface area contributed by atoms with Crippen molar-refractivity contribution in [3.63, 3.8) is 0 Å². The summed E-state index contributed by atoms with van der Waals surface area (Å²) in [5.41, 5.74) is -1.30. The summed E-state index contributed by atoms with van der Waals surface area (Å²) in [5.74, 6) is -2.83. The van der Waals surface area contributed by atoms with Gasteiger partial charge in [0.15, 0.2) is 0 Å². The highest BCUT2D eigenvalue weighted by molar-refractivity contribution is 5.80. The van der Waals surface area contributed by atoms with Gasteiger partial charge in [-0.2, -0.15) is 0 Å². The fraction of sp³-hybridized carbons (Fsp3) is 0.421. The maximum absolute atomic E-state index is 13.3. The van der Waals surface area contributed by atoms with E-state index in [0.717, 1.165) is 0 Å². The van der Waals surface area contributed by atoms with Gasteiger partial charge in [-0.05, 0) is 31.0 Å². The number of rotatable bonds is 10. The van der Waals surface area contributed by atoms with E-state index in [1.165, 1.54) is 46.7 Å². The van der Waals surface area contributed by atoms with Crippen LogP contribution < -0.4 is 11.0 Å². The van der Waals surface area contributed by atoms with Gasteiger partial charge in [0.2, 0.25) is 0 Å². The van der Waals surface area contributed by atoms with Crippen molar-refractivity contribution in [2.75, 3.05) is 0 Å². The van der Waals surface area contributed by atoms with Crippen LogP contribution in [0.25, 0.3) is 0 Å². The average molecular weight is 393 g/mol. The van der Waals surface area contributed by atoms with Crippen LogP contribution in [0.2, 0.25) is 0 Å². The van der Waals surface area contributed by atoms with Crippen LogP contribution in [0.15, 0.2) is 41.5 Å². The van der Waals surface area contributed by atoms with E-state index < -0.39 is 35.0 Å². The van der Waals surface area contributed by atoms with Gasteiger partial charge < -0.3 is 10.2 Å². The van der Waals surface area contributed by atoms with Gasteiger partial charge >= 0.3 is 17.6 Å². The summed E-state index contributed by atoms with van der Waals surface area (Å²) >= 11 is 0. The predicted molar refractivity (Wildman–Crippen MR) is 99.7 cm³/mol. The fourth-order valence-electron chi connectivity index (χ4n) is 3.05. The van der Waals surface area contributed by atoms with E-state index in [1.54, 1.807) is 13.0 Å². The van der Waals surface area contributed by atoms with E-state index in [-0.39, 0.29) is 19.5 Å². The molecule has 2 rings (SSSR count). The van der Waals surface area contributed by atoms with Crippen LogP contribution >= 0.6 is 0 Å². The van der Waals surface area contributed by atoms with E-state index in [0.29, 0.717) is 12.0 Å². The van der Waals surface area contributed by atoms with Gasteiger partial charge in [-0.15, -0.1) is 0 Å². The number of aliphatic carboxylic acids is 2. The smallest absolute Gasteiger partial charge is 0.328 e. The molecule has 2 unspecified atom stereocenters. The summed E-state index contributed by atoms with van der Waals surface area (Å²) in [7, 11) is 0. The molecule has 1 aromatic carbocycles. The molecule has 0 fully saturated rings. The van der Waals surface area contributed by atoms with Gasteiger partial charge in [-0.1, -0.05) is 25.5 Å². The summed E-state index contributed by atoms with van der Waals surface area (Å²) < 4.78 is 15.8. The molecule has 8 nitrogen and oxygen atoms in total. The molecule has 0 saturated carbocycles. The Hall–Kier alpha value is -2.94. The first-order chi connectivity index (χ1) is 13.2. The zero-order valence-electron chi connectivity index (χ0n) is 15.8. The second kappa shape index (κ2) is 8.83. The molecule has 2 aromatic rings. The van der Waals surface area contributed by atoms with E-state index in [9.17, 15) is 29.0 Å². The second-order valence-electron chi connectivity index (χ2n) is 6.91. The Kier molecular flexibility index (Phi) is 6.74. The van der Waals surface area contributed by atoms with Gasteiger partial charge in [0, 0.05) is 12.4 Å². The SMILES string of the molecule is CCCC(C)(NC(Cn1ccn(Cc2cccc(F)c2)c1=O)C(=O)O)C(=O)O. The van der Waals surface area contributed by atoms with Crippen molar-refractivity contribution in [3.8, 4) is 0 Å². The normalized spacial score (nSPS) is 14.4. The standard InChI is InChI=1S/C19H24FN3O5/c1-3-7-19(2,17(26)27)21-15(16(24)25)12-23-9-8-22(18(23)28)11-13-5-4-6-14(20)10-13/h4-6,8-10,15,21H,3,7,11-12H2,1-2H3,(H,24,25)(H,26,27). The number of carbonyl (C=O) groups is 2. The summed E-state index contributed by atoms with van der Waals surface area (Å²) in [4.78, 5) is 35.7. The van der Waals surface area contributed by atoms with Crippen molar-refractivity contribution < 1.29 is 24.2 Å². The minimum Gasteiger partial charge on any atom is -0.480 e. The minimum atomic E-state index is -1.43. The van der Waals surface area contributed by atoms with Crippen molar-refractivity contribution >= 4 is 11.9 Å². The van der Waals surface area contributed by atoms with E-state index in [2.05, 4.69) is 5.32 Å². The van der Waals surface area contributed by atoms with Gasteiger partial charge in [-0.25, -0.2) is 9.18 Å². The Morgan fingerprint density at radius 2 is 1.93 bits per heavy atom. The minimum absolute atomic E-state index is 0.136. The maximum atomic E-state index is 13.3. The first kappa shape index (κ1) is 21.4. The molecule has 0 spiro atoms. The van der Waals surface area contributed by atoms with Crippen LogP contribution in [-0.2, 0) is 22.7 Å². The zero-order valence-corrected chi connectivity index (χ0v) is 15.8. The van der Waals surface area contributed by atoms with Crippen molar-refractivity contribution in [3.05, 3.63) is 58.5 Å². The summed E-state index contributed by atoms with van der Waals surface area (Å²) in [6, 6.07) is 4.56. The molecule has 1 aromatic heterocycles. The molecule has 9 heteroatoms. The molecule has 0 radical (unpaired) electrons. The fourth-order valence-corrected chi connectivity index (χ4v) is 3.05. The highest BCUT2D eigenvalue weighted by atomic mass is 19.1. The summed E-state index contributed by atoms with van der Waals surface area (Å²) in [6.45, 7) is 3.12. The molecule has 0 bridgehead atoms. The van der Waals surface area contributed by atoms with Crippen LogP contribution in [0.1, 0.15) is 32.3 Å². The van der Waals surface area contributed by atoms with Crippen LogP contribution in [0.3, 0.4) is 0 Å². The first-order valence-electron chi connectivity index (χ1n) is 8.90. The third-order valence-electron chi connectivity index (χ3n) is 4.55. The number of nitrogens with zero attached hydrogens (tertiary/aromatic N) is 2. The van der Waals surface area contributed by atoms with Gasteiger partial charge in [0.05, 0.1) is 13.1 Å². The Labute approximate surface area is 161 Å². The molecule has 0 aliphatic rings. The molecule has 0 aliphatic carbocycles. The van der Waals surface area contributed by atoms with Crippen molar-refractivity contribution in [1.29, 1.82) is 0 Å². The first-order valence-corrected chi connectivity index (χ1v) is 8.90. The van der Waals surface area contributed by atoms with E-state index in [1.807, 2.05) is 0 Å². The van der Waals surface area contributed by atoms with Crippen molar-refractivity contribution in [2.24, 2.45) is 0 Å². The number of halogens is 1. The van der Waals surface area contributed by atoms with Crippen molar-refractivity contribution in [1.82, 2.24) is 14.5 Å². The molecule has 2 atom stereocenters. The lowest BCUT2D eigenvalue weighted by atomic mass is 9.95. The van der Waals surface area contributed by atoms with Crippen LogP contribution in [0, 0.1) is 5.82 Å². The topological polar surface area (TPSA) is 114 Å². The maximum Gasteiger partial charge on any atom is 0.328 e. The number of hydrogen-bond acceptors (Lipinski definition) is 4. The Bertz CT molecular complexity index is 907.